The van der Waals surface area contributed by atoms with Gasteiger partial charge in [-0.3, -0.25) is 19.7 Å². The highest BCUT2D eigenvalue weighted by atomic mass is 19.4. The summed E-state index contributed by atoms with van der Waals surface area (Å²) in [5, 5.41) is 2.03. The van der Waals surface area contributed by atoms with E-state index in [0.29, 0.717) is 0 Å². The quantitative estimate of drug-likeness (QED) is 0.815. The molecule has 0 aromatic heterocycles. The van der Waals surface area contributed by atoms with E-state index in [1.165, 1.54) is 0 Å². The highest BCUT2D eigenvalue weighted by Crippen LogP contribution is 2.23. The highest BCUT2D eigenvalue weighted by molar-refractivity contribution is 6.05. The summed E-state index contributed by atoms with van der Waals surface area (Å²) in [7, 11) is 0. The van der Waals surface area contributed by atoms with E-state index < -0.39 is 29.8 Å². The van der Waals surface area contributed by atoms with Gasteiger partial charge in [0.2, 0.25) is 11.8 Å². The molecular weight excluding hydrogens is 293 g/mol. The molecule has 0 spiro atoms. The van der Waals surface area contributed by atoms with Gasteiger partial charge >= 0.3 is 6.36 Å². The number of amides is 3. The van der Waals surface area contributed by atoms with Crippen molar-refractivity contribution in [1.29, 1.82) is 0 Å². The van der Waals surface area contributed by atoms with Crippen molar-refractivity contribution in [2.24, 2.45) is 0 Å². The summed E-state index contributed by atoms with van der Waals surface area (Å²) in [6.07, 6.45) is -4.82. The van der Waals surface area contributed by atoms with Crippen molar-refractivity contribution in [3.05, 3.63) is 29.8 Å². The lowest BCUT2D eigenvalue weighted by molar-refractivity contribution is -0.274. The Morgan fingerprint density at radius 3 is 2.10 bits per heavy atom. The van der Waals surface area contributed by atoms with E-state index in [1.807, 2.05) is 5.32 Å². The van der Waals surface area contributed by atoms with Gasteiger partial charge in [-0.25, -0.2) is 0 Å². The second-order valence-electron chi connectivity index (χ2n) is 4.20. The molecule has 1 heterocycles. The topological polar surface area (TPSA) is 75.7 Å². The predicted octanol–water partition coefficient (Wildman–Crippen LogP) is 0.684. The van der Waals surface area contributed by atoms with Crippen LogP contribution in [-0.2, 0) is 9.59 Å². The maximum atomic E-state index is 12.0. The van der Waals surface area contributed by atoms with Gasteiger partial charge in [0.05, 0.1) is 0 Å². The Kier molecular flexibility index (Phi) is 3.83. The molecule has 6 nitrogen and oxygen atoms in total. The fraction of sp³-hybridized carbons (Fsp3) is 0.250. The molecule has 1 aliphatic rings. The number of benzene rings is 1. The first-order valence-electron chi connectivity index (χ1n) is 5.72. The number of carbonyl (C=O) groups excluding carboxylic acids is 3. The normalized spacial score (nSPS) is 15.7. The monoisotopic (exact) mass is 302 g/mol. The fourth-order valence-electron chi connectivity index (χ4n) is 1.76. The second-order valence-corrected chi connectivity index (χ2v) is 4.20. The molecule has 1 N–H and O–H groups in total. The van der Waals surface area contributed by atoms with Crippen molar-refractivity contribution in [2.75, 3.05) is 13.1 Å². The zero-order valence-corrected chi connectivity index (χ0v) is 10.4. The third-order valence-corrected chi connectivity index (χ3v) is 2.57. The largest absolute Gasteiger partial charge is 0.573 e. The molecule has 0 radical (unpaired) electrons. The molecule has 2 rings (SSSR count). The molecule has 1 saturated heterocycles. The molecule has 9 heteroatoms. The minimum Gasteiger partial charge on any atom is -0.406 e. The lowest BCUT2D eigenvalue weighted by Gasteiger charge is -2.25. The number of alkyl halides is 3. The van der Waals surface area contributed by atoms with Crippen LogP contribution in [0.15, 0.2) is 24.3 Å². The summed E-state index contributed by atoms with van der Waals surface area (Å²) in [5.74, 6) is -2.32. The summed E-state index contributed by atoms with van der Waals surface area (Å²) in [6.45, 7) is -0.573. The van der Waals surface area contributed by atoms with Crippen LogP contribution in [0.25, 0.3) is 0 Å². The van der Waals surface area contributed by atoms with Gasteiger partial charge in [-0.2, -0.15) is 0 Å². The van der Waals surface area contributed by atoms with Gasteiger partial charge in [0.15, 0.2) is 0 Å². The lowest BCUT2D eigenvalue weighted by atomic mass is 10.1. The van der Waals surface area contributed by atoms with Gasteiger partial charge < -0.3 is 9.64 Å². The zero-order valence-electron chi connectivity index (χ0n) is 10.4. The fourth-order valence-corrected chi connectivity index (χ4v) is 1.76. The number of hydrogen-bond acceptors (Lipinski definition) is 4. The van der Waals surface area contributed by atoms with Crippen LogP contribution in [0, 0.1) is 0 Å². The molecule has 1 aromatic carbocycles. The van der Waals surface area contributed by atoms with Crippen molar-refractivity contribution < 1.29 is 32.3 Å². The van der Waals surface area contributed by atoms with Gasteiger partial charge in [-0.1, -0.05) is 0 Å². The molecule has 0 saturated carbocycles. The molecule has 0 atom stereocenters. The Morgan fingerprint density at radius 1 is 1.10 bits per heavy atom. The number of nitrogens with zero attached hydrogens (tertiary/aromatic N) is 1. The summed E-state index contributed by atoms with van der Waals surface area (Å²) >= 11 is 0. The number of carbonyl (C=O) groups is 3. The number of ether oxygens (including phenoxy) is 1. The molecule has 1 aromatic rings. The van der Waals surface area contributed by atoms with Crippen LogP contribution in [0.3, 0.4) is 0 Å². The Bertz CT molecular complexity index is 567. The van der Waals surface area contributed by atoms with Gasteiger partial charge in [0.1, 0.15) is 18.8 Å². The van der Waals surface area contributed by atoms with E-state index >= 15 is 0 Å². The van der Waals surface area contributed by atoms with E-state index in [2.05, 4.69) is 4.74 Å². The van der Waals surface area contributed by atoms with Gasteiger partial charge in [0, 0.05) is 5.56 Å². The number of halogens is 3. The van der Waals surface area contributed by atoms with Gasteiger partial charge in [-0.05, 0) is 24.3 Å². The van der Waals surface area contributed by atoms with Crippen LogP contribution >= 0.6 is 0 Å². The highest BCUT2D eigenvalue weighted by Gasteiger charge is 2.31. The summed E-state index contributed by atoms with van der Waals surface area (Å²) < 4.78 is 39.7. The molecule has 0 bridgehead atoms. The summed E-state index contributed by atoms with van der Waals surface area (Å²) in [4.78, 5) is 35.3. The molecule has 0 aliphatic carbocycles. The molecule has 112 valence electrons. The number of piperazine rings is 1. The van der Waals surface area contributed by atoms with E-state index in [9.17, 15) is 27.6 Å². The molecule has 1 fully saturated rings. The first-order chi connectivity index (χ1) is 9.74. The zero-order chi connectivity index (χ0) is 15.6. The number of nitrogens with one attached hydrogen (secondary N) is 1. The third kappa shape index (κ3) is 3.94. The van der Waals surface area contributed by atoms with E-state index in [-0.39, 0.29) is 18.7 Å². The van der Waals surface area contributed by atoms with E-state index in [0.717, 1.165) is 29.2 Å². The predicted molar refractivity (Wildman–Crippen MR) is 62.2 cm³/mol. The molecule has 21 heavy (non-hydrogen) atoms. The number of rotatable bonds is 2. The smallest absolute Gasteiger partial charge is 0.406 e. The Balaban J connectivity index is 2.09. The van der Waals surface area contributed by atoms with Gasteiger partial charge in [0.25, 0.3) is 5.91 Å². The summed E-state index contributed by atoms with van der Waals surface area (Å²) in [6, 6.07) is 4.21. The SMILES string of the molecule is O=C1CN(C(=O)c2ccc(OC(F)(F)F)cc2)CC(=O)N1. The third-order valence-electron chi connectivity index (χ3n) is 2.57. The minimum atomic E-state index is -4.82. The van der Waals surface area contributed by atoms with E-state index in [4.69, 9.17) is 0 Å². The Hall–Kier alpha value is -2.58. The van der Waals surface area contributed by atoms with Crippen molar-refractivity contribution in [3.63, 3.8) is 0 Å². The minimum absolute atomic E-state index is 0.0482. The second kappa shape index (κ2) is 5.43. The van der Waals surface area contributed by atoms with Crippen LogP contribution in [0.1, 0.15) is 10.4 Å². The summed E-state index contributed by atoms with van der Waals surface area (Å²) in [5.41, 5.74) is 0.0482. The molecule has 1 aliphatic heterocycles. The molecule has 3 amide bonds. The number of hydrogen-bond donors (Lipinski definition) is 1. The number of imide groups is 1. The van der Waals surface area contributed by atoms with Gasteiger partial charge in [-0.15, -0.1) is 13.2 Å². The van der Waals surface area contributed by atoms with E-state index in [1.54, 1.807) is 0 Å². The van der Waals surface area contributed by atoms with Crippen LogP contribution < -0.4 is 10.1 Å². The maximum absolute atomic E-state index is 12.0. The lowest BCUT2D eigenvalue weighted by Crippen LogP contribution is -2.53. The van der Waals surface area contributed by atoms with Crippen LogP contribution in [-0.4, -0.2) is 42.1 Å². The van der Waals surface area contributed by atoms with Crippen LogP contribution in [0.4, 0.5) is 13.2 Å². The molecule has 0 unspecified atom stereocenters. The van der Waals surface area contributed by atoms with Crippen molar-refractivity contribution >= 4 is 17.7 Å². The Labute approximate surface area is 116 Å². The average molecular weight is 302 g/mol. The molecular formula is C12H9F3N2O4. The van der Waals surface area contributed by atoms with Crippen molar-refractivity contribution in [2.45, 2.75) is 6.36 Å². The van der Waals surface area contributed by atoms with Crippen molar-refractivity contribution in [3.8, 4) is 5.75 Å². The van der Waals surface area contributed by atoms with Crippen molar-refractivity contribution in [1.82, 2.24) is 10.2 Å². The maximum Gasteiger partial charge on any atom is 0.573 e. The Morgan fingerprint density at radius 2 is 1.62 bits per heavy atom. The first-order valence-corrected chi connectivity index (χ1v) is 5.72. The average Bonchev–Trinajstić information content (AvgIpc) is 2.35. The standard InChI is InChI=1S/C12H9F3N2O4/c13-12(14,15)21-8-3-1-7(2-4-8)11(20)17-5-9(18)16-10(19)6-17/h1-4H,5-6H2,(H,16,18,19). The van der Waals surface area contributed by atoms with Crippen LogP contribution in [0.5, 0.6) is 5.75 Å². The first kappa shape index (κ1) is 14.8. The van der Waals surface area contributed by atoms with Crippen LogP contribution in [0.2, 0.25) is 0 Å².